The fourth-order valence-corrected chi connectivity index (χ4v) is 6.17. The number of carbonyl (C=O) groups is 2. The zero-order valence-corrected chi connectivity index (χ0v) is 32.1. The lowest BCUT2D eigenvalue weighted by molar-refractivity contribution is -0.164. The van der Waals surface area contributed by atoms with Gasteiger partial charge in [-0.2, -0.15) is 0 Å². The van der Waals surface area contributed by atoms with Crippen LogP contribution in [0.3, 0.4) is 0 Å². The van der Waals surface area contributed by atoms with E-state index in [0.717, 1.165) is 77.0 Å². The van der Waals surface area contributed by atoms with Crippen molar-refractivity contribution < 1.29 is 29.3 Å². The number of ether oxygens (including phenoxy) is 2. The lowest BCUT2D eigenvalue weighted by atomic mass is 10.1. The number of nitrogens with zero attached hydrogens (tertiary/aromatic N) is 1. The van der Waals surface area contributed by atoms with Crippen LogP contribution in [0.25, 0.3) is 0 Å². The minimum atomic E-state index is -0.888. The molecule has 2 N–H and O–H groups in total. The van der Waals surface area contributed by atoms with Crippen molar-refractivity contribution in [3.05, 3.63) is 48.6 Å². The Morgan fingerprint density at radius 3 is 1.32 bits per heavy atom. The maximum absolute atomic E-state index is 12.7. The number of aliphatic hydroxyl groups is 2. The van der Waals surface area contributed by atoms with E-state index in [2.05, 4.69) is 62.5 Å². The van der Waals surface area contributed by atoms with Gasteiger partial charge in [0.15, 0.2) is 12.2 Å². The van der Waals surface area contributed by atoms with E-state index >= 15 is 0 Å². The van der Waals surface area contributed by atoms with Crippen LogP contribution in [0, 0.1) is 0 Å². The van der Waals surface area contributed by atoms with Gasteiger partial charge in [0, 0.05) is 32.5 Å². The lowest BCUT2D eigenvalue weighted by Crippen LogP contribution is -2.33. The summed E-state index contributed by atoms with van der Waals surface area (Å²) in [4.78, 5) is 27.3. The second-order valence-corrected chi connectivity index (χ2v) is 14.1. The normalized spacial score (nSPS) is 17.6. The summed E-state index contributed by atoms with van der Waals surface area (Å²) < 4.78 is 11.6. The first-order chi connectivity index (χ1) is 24.5. The van der Waals surface area contributed by atoms with E-state index < -0.39 is 18.3 Å². The van der Waals surface area contributed by atoms with Crippen LogP contribution in [-0.4, -0.2) is 71.6 Å². The van der Waals surface area contributed by atoms with Gasteiger partial charge in [-0.05, 0) is 77.0 Å². The summed E-state index contributed by atoms with van der Waals surface area (Å²) in [5, 5.41) is 19.2. The molecule has 0 radical (unpaired) electrons. The fraction of sp³-hybridized carbons (Fsp3) is 0.767. The number of rotatable bonds is 33. The Hall–Kier alpha value is -2.22. The smallest absolute Gasteiger partial charge is 0.306 e. The van der Waals surface area contributed by atoms with Gasteiger partial charge < -0.3 is 19.7 Å². The first-order valence-corrected chi connectivity index (χ1v) is 20.5. The van der Waals surface area contributed by atoms with Crippen LogP contribution < -0.4 is 0 Å². The first-order valence-electron chi connectivity index (χ1n) is 20.5. The van der Waals surface area contributed by atoms with Crippen LogP contribution in [0.2, 0.25) is 0 Å². The molecule has 0 saturated carbocycles. The van der Waals surface area contributed by atoms with Crippen molar-refractivity contribution in [1.82, 2.24) is 4.90 Å². The third-order valence-electron chi connectivity index (χ3n) is 9.20. The molecule has 0 aromatic heterocycles. The van der Waals surface area contributed by atoms with E-state index in [1.54, 1.807) is 0 Å². The van der Waals surface area contributed by atoms with Gasteiger partial charge in [0.25, 0.3) is 0 Å². The Morgan fingerprint density at radius 1 is 0.580 bits per heavy atom. The molecule has 0 aromatic carbocycles. The average molecular weight is 702 g/mol. The molecule has 0 bridgehead atoms. The molecule has 1 fully saturated rings. The highest BCUT2D eigenvalue weighted by atomic mass is 16.6. The predicted octanol–water partition coefficient (Wildman–Crippen LogP) is 10.1. The monoisotopic (exact) mass is 702 g/mol. The number of hydrogen-bond donors (Lipinski definition) is 2. The van der Waals surface area contributed by atoms with Gasteiger partial charge in [-0.15, -0.1) is 0 Å². The number of β-amino-alcohol motifs (C(OH)–C–C–N with tert-alkyl or cyclic N) is 1. The lowest BCUT2D eigenvalue weighted by Gasteiger charge is -2.19. The molecule has 0 amide bonds. The maximum atomic E-state index is 12.7. The van der Waals surface area contributed by atoms with Gasteiger partial charge in [-0.1, -0.05) is 127 Å². The second kappa shape index (κ2) is 33.9. The molecule has 0 aliphatic carbocycles. The molecule has 1 aliphatic heterocycles. The largest absolute Gasteiger partial charge is 0.457 e. The van der Waals surface area contributed by atoms with Gasteiger partial charge in [0.1, 0.15) is 0 Å². The Labute approximate surface area is 306 Å². The van der Waals surface area contributed by atoms with Crippen LogP contribution >= 0.6 is 0 Å². The molecule has 1 rings (SSSR count). The minimum Gasteiger partial charge on any atom is -0.457 e. The highest BCUT2D eigenvalue weighted by molar-refractivity contribution is 5.70. The third-order valence-corrected chi connectivity index (χ3v) is 9.20. The van der Waals surface area contributed by atoms with Gasteiger partial charge in [-0.25, -0.2) is 0 Å². The standard InChI is InChI=1S/C43H75NO6/c1-3-5-7-9-11-13-15-17-19-21-23-25-27-29-31-33-42(47)49-40-36-44(35-39(46)38-45)37-41(40)50-43(48)34-32-30-28-26-24-22-20-18-16-14-12-10-8-6-4-2/h11-14,17-20,39-41,45-46H,3-10,15-16,21-38H2,1-2H3/t39?,40-,41?/m1/s1. The van der Waals surface area contributed by atoms with Crippen molar-refractivity contribution in [3.8, 4) is 0 Å². The first kappa shape index (κ1) is 45.8. The molecule has 288 valence electrons. The predicted molar refractivity (Wildman–Crippen MR) is 208 cm³/mol. The SMILES string of the molecule is CCCCCC=CCC=CCCCCCCCC(=O)OC1CN(CC(O)CO)C[C@H]1OC(=O)CCCCCCCC=CCC=CCCCCC. The molecule has 3 atom stereocenters. The summed E-state index contributed by atoms with van der Waals surface area (Å²) in [7, 11) is 0. The Bertz CT molecular complexity index is 860. The van der Waals surface area contributed by atoms with Crippen molar-refractivity contribution in [3.63, 3.8) is 0 Å². The summed E-state index contributed by atoms with van der Waals surface area (Å²) in [6.45, 7) is 5.13. The highest BCUT2D eigenvalue weighted by Gasteiger charge is 2.38. The maximum Gasteiger partial charge on any atom is 0.306 e. The molecule has 1 aliphatic rings. The molecule has 50 heavy (non-hydrogen) atoms. The molecule has 7 heteroatoms. The third kappa shape index (κ3) is 27.5. The molecule has 7 nitrogen and oxygen atoms in total. The molecular weight excluding hydrogens is 626 g/mol. The molecule has 0 spiro atoms. The van der Waals surface area contributed by atoms with Gasteiger partial charge >= 0.3 is 11.9 Å². The Kier molecular flexibility index (Phi) is 31.1. The van der Waals surface area contributed by atoms with Gasteiger partial charge in [0.2, 0.25) is 0 Å². The Balaban J connectivity index is 2.22. The average Bonchev–Trinajstić information content (AvgIpc) is 3.47. The number of unbranched alkanes of at least 4 members (excludes halogenated alkanes) is 16. The summed E-state index contributed by atoms with van der Waals surface area (Å²) in [6.07, 6.45) is 41.6. The van der Waals surface area contributed by atoms with Crippen molar-refractivity contribution >= 4 is 11.9 Å². The summed E-state index contributed by atoms with van der Waals surface area (Å²) in [6, 6.07) is 0. The Morgan fingerprint density at radius 2 is 0.940 bits per heavy atom. The minimum absolute atomic E-state index is 0.245. The molecule has 1 heterocycles. The molecule has 1 saturated heterocycles. The number of likely N-dealkylation sites (tertiary alicyclic amines) is 1. The molecule has 2 unspecified atom stereocenters. The number of esters is 2. The highest BCUT2D eigenvalue weighted by Crippen LogP contribution is 2.20. The van der Waals surface area contributed by atoms with Crippen LogP contribution in [0.1, 0.15) is 168 Å². The summed E-state index contributed by atoms with van der Waals surface area (Å²) >= 11 is 0. The van der Waals surface area contributed by atoms with E-state index in [1.165, 1.54) is 64.2 Å². The van der Waals surface area contributed by atoms with E-state index in [-0.39, 0.29) is 25.1 Å². The van der Waals surface area contributed by atoms with Gasteiger partial charge in [0.05, 0.1) is 12.7 Å². The summed E-state index contributed by atoms with van der Waals surface area (Å²) in [5.41, 5.74) is 0. The van der Waals surface area contributed by atoms with Crippen LogP contribution in [0.15, 0.2) is 48.6 Å². The van der Waals surface area contributed by atoms with Gasteiger partial charge in [-0.3, -0.25) is 14.5 Å². The van der Waals surface area contributed by atoms with E-state index in [0.29, 0.717) is 25.9 Å². The number of allylic oxidation sites excluding steroid dienone is 8. The van der Waals surface area contributed by atoms with Crippen molar-refractivity contribution in [2.45, 2.75) is 186 Å². The van der Waals surface area contributed by atoms with Crippen LogP contribution in [0.5, 0.6) is 0 Å². The quantitative estimate of drug-likeness (QED) is 0.0399. The molecule has 0 aromatic rings. The van der Waals surface area contributed by atoms with Crippen molar-refractivity contribution in [2.75, 3.05) is 26.2 Å². The van der Waals surface area contributed by atoms with E-state index in [4.69, 9.17) is 9.47 Å². The number of hydrogen-bond acceptors (Lipinski definition) is 7. The number of aliphatic hydroxyl groups excluding tert-OH is 2. The van der Waals surface area contributed by atoms with Crippen LogP contribution in [0.4, 0.5) is 0 Å². The van der Waals surface area contributed by atoms with E-state index in [9.17, 15) is 19.8 Å². The van der Waals surface area contributed by atoms with Crippen molar-refractivity contribution in [2.24, 2.45) is 0 Å². The topological polar surface area (TPSA) is 96.3 Å². The van der Waals surface area contributed by atoms with E-state index in [1.807, 2.05) is 4.90 Å². The fourth-order valence-electron chi connectivity index (χ4n) is 6.17. The number of carbonyl (C=O) groups excluding carboxylic acids is 2. The summed E-state index contributed by atoms with van der Waals surface area (Å²) in [5.74, 6) is -0.528. The zero-order chi connectivity index (χ0) is 36.3. The second-order valence-electron chi connectivity index (χ2n) is 14.1. The molecular formula is C43H75NO6. The zero-order valence-electron chi connectivity index (χ0n) is 32.1. The van der Waals surface area contributed by atoms with Crippen molar-refractivity contribution in [1.29, 1.82) is 0 Å². The van der Waals surface area contributed by atoms with Crippen LogP contribution in [-0.2, 0) is 19.1 Å².